The van der Waals surface area contributed by atoms with Gasteiger partial charge in [-0.15, -0.1) is 0 Å². The highest BCUT2D eigenvalue weighted by molar-refractivity contribution is 5.79. The Labute approximate surface area is 173 Å². The molecular formula is C22H33N5O2. The molecule has 1 saturated carbocycles. The average molecular weight is 400 g/mol. The number of pyridine rings is 1. The van der Waals surface area contributed by atoms with E-state index in [9.17, 15) is 0 Å². The van der Waals surface area contributed by atoms with Crippen molar-refractivity contribution in [3.05, 3.63) is 41.7 Å². The molecule has 29 heavy (non-hydrogen) atoms. The lowest BCUT2D eigenvalue weighted by molar-refractivity contribution is 0.199. The number of rotatable bonds is 7. The third-order valence-electron chi connectivity index (χ3n) is 4.88. The molecule has 0 amide bonds. The standard InChI is InChI=1S/C22H33N5O2/c1-5-23-21(27-15-19-25-14-18(29-19)22(2,3)4)26-13-16-9-8-12-24-20(16)28-17-10-6-7-11-17/h8-9,12,14,17H,5-7,10-11,13,15H2,1-4H3,(H2,23,26,27). The number of guanidine groups is 1. The van der Waals surface area contributed by atoms with Crippen LogP contribution in [-0.2, 0) is 18.5 Å². The fourth-order valence-electron chi connectivity index (χ4n) is 3.22. The Morgan fingerprint density at radius 2 is 2.03 bits per heavy atom. The van der Waals surface area contributed by atoms with Gasteiger partial charge in [0.15, 0.2) is 5.96 Å². The molecule has 2 N–H and O–H groups in total. The van der Waals surface area contributed by atoms with Gasteiger partial charge in [0.05, 0.1) is 19.3 Å². The minimum atomic E-state index is -0.0557. The normalized spacial score (nSPS) is 15.5. The summed E-state index contributed by atoms with van der Waals surface area (Å²) in [6, 6.07) is 3.95. The quantitative estimate of drug-likeness (QED) is 0.542. The third-order valence-corrected chi connectivity index (χ3v) is 4.88. The molecule has 2 aromatic heterocycles. The fraction of sp³-hybridized carbons (Fsp3) is 0.591. The third kappa shape index (κ3) is 6.21. The summed E-state index contributed by atoms with van der Waals surface area (Å²) in [7, 11) is 0. The number of aliphatic imine (C=N–C) groups is 1. The topological polar surface area (TPSA) is 84.6 Å². The van der Waals surface area contributed by atoms with Gasteiger partial charge >= 0.3 is 0 Å². The summed E-state index contributed by atoms with van der Waals surface area (Å²) in [5.74, 6) is 2.92. The number of ether oxygens (including phenoxy) is 1. The monoisotopic (exact) mass is 399 g/mol. The van der Waals surface area contributed by atoms with E-state index in [1.165, 1.54) is 12.8 Å². The van der Waals surface area contributed by atoms with Crippen molar-refractivity contribution in [3.8, 4) is 5.88 Å². The van der Waals surface area contributed by atoms with E-state index in [4.69, 9.17) is 14.1 Å². The van der Waals surface area contributed by atoms with E-state index in [-0.39, 0.29) is 11.5 Å². The molecule has 7 nitrogen and oxygen atoms in total. The van der Waals surface area contributed by atoms with E-state index in [0.29, 0.717) is 30.8 Å². The van der Waals surface area contributed by atoms with Crippen LogP contribution in [0.3, 0.4) is 0 Å². The molecule has 3 rings (SSSR count). The maximum absolute atomic E-state index is 6.12. The molecule has 0 saturated heterocycles. The van der Waals surface area contributed by atoms with Crippen molar-refractivity contribution in [1.29, 1.82) is 0 Å². The molecule has 0 unspecified atom stereocenters. The van der Waals surface area contributed by atoms with Gasteiger partial charge in [-0.05, 0) is 38.7 Å². The van der Waals surface area contributed by atoms with Crippen LogP contribution in [0.5, 0.6) is 5.88 Å². The molecular weight excluding hydrogens is 366 g/mol. The van der Waals surface area contributed by atoms with Crippen molar-refractivity contribution in [2.24, 2.45) is 4.99 Å². The molecule has 1 aliphatic carbocycles. The van der Waals surface area contributed by atoms with Gasteiger partial charge in [-0.25, -0.2) is 15.0 Å². The zero-order valence-electron chi connectivity index (χ0n) is 18.0. The predicted molar refractivity (Wildman–Crippen MR) is 114 cm³/mol. The summed E-state index contributed by atoms with van der Waals surface area (Å²) in [4.78, 5) is 13.5. The van der Waals surface area contributed by atoms with Crippen LogP contribution in [0.2, 0.25) is 0 Å². The lowest BCUT2D eigenvalue weighted by atomic mass is 9.94. The van der Waals surface area contributed by atoms with Gasteiger partial charge in [0, 0.05) is 23.7 Å². The van der Waals surface area contributed by atoms with E-state index in [1.807, 2.05) is 19.1 Å². The summed E-state index contributed by atoms with van der Waals surface area (Å²) in [5.41, 5.74) is 0.933. The highest BCUT2D eigenvalue weighted by atomic mass is 16.5. The molecule has 0 aromatic carbocycles. The van der Waals surface area contributed by atoms with Gasteiger partial charge < -0.3 is 19.8 Å². The first-order valence-corrected chi connectivity index (χ1v) is 10.5. The number of hydrogen-bond acceptors (Lipinski definition) is 5. The van der Waals surface area contributed by atoms with Crippen molar-refractivity contribution >= 4 is 5.96 Å². The number of aromatic nitrogens is 2. The number of nitrogens with one attached hydrogen (secondary N) is 2. The van der Waals surface area contributed by atoms with E-state index in [1.54, 1.807) is 12.4 Å². The van der Waals surface area contributed by atoms with Crippen LogP contribution in [0, 0.1) is 0 Å². The van der Waals surface area contributed by atoms with Crippen molar-refractivity contribution in [2.75, 3.05) is 6.54 Å². The molecule has 2 aromatic rings. The van der Waals surface area contributed by atoms with E-state index >= 15 is 0 Å². The van der Waals surface area contributed by atoms with Crippen molar-refractivity contribution in [1.82, 2.24) is 20.6 Å². The first-order chi connectivity index (χ1) is 14.0. The Morgan fingerprint density at radius 1 is 1.24 bits per heavy atom. The van der Waals surface area contributed by atoms with Crippen LogP contribution < -0.4 is 15.4 Å². The number of hydrogen-bond donors (Lipinski definition) is 2. The number of oxazole rings is 1. The molecule has 1 fully saturated rings. The second kappa shape index (κ2) is 9.76. The van der Waals surface area contributed by atoms with E-state index < -0.39 is 0 Å². The van der Waals surface area contributed by atoms with E-state index in [0.717, 1.165) is 30.7 Å². The van der Waals surface area contributed by atoms with Crippen LogP contribution in [0.15, 0.2) is 33.9 Å². The summed E-state index contributed by atoms with van der Waals surface area (Å²) in [6.45, 7) is 10.1. The summed E-state index contributed by atoms with van der Waals surface area (Å²) in [6.07, 6.45) is 8.53. The van der Waals surface area contributed by atoms with Crippen LogP contribution in [0.25, 0.3) is 0 Å². The smallest absolute Gasteiger partial charge is 0.218 e. The zero-order valence-corrected chi connectivity index (χ0v) is 18.0. The molecule has 0 atom stereocenters. The summed E-state index contributed by atoms with van der Waals surface area (Å²) < 4.78 is 12.0. The van der Waals surface area contributed by atoms with E-state index in [2.05, 4.69) is 41.4 Å². The van der Waals surface area contributed by atoms with Crippen LogP contribution in [0.4, 0.5) is 0 Å². The predicted octanol–water partition coefficient (Wildman–Crippen LogP) is 3.94. The lowest BCUT2D eigenvalue weighted by Crippen LogP contribution is -2.36. The molecule has 0 spiro atoms. The fourth-order valence-corrected chi connectivity index (χ4v) is 3.22. The first-order valence-electron chi connectivity index (χ1n) is 10.5. The largest absolute Gasteiger partial charge is 0.474 e. The Hall–Kier alpha value is -2.57. The van der Waals surface area contributed by atoms with Gasteiger partial charge in [0.1, 0.15) is 11.9 Å². The highest BCUT2D eigenvalue weighted by Crippen LogP contribution is 2.25. The van der Waals surface area contributed by atoms with Gasteiger partial charge in [-0.1, -0.05) is 26.8 Å². The second-order valence-electron chi connectivity index (χ2n) is 8.41. The van der Waals surface area contributed by atoms with Crippen molar-refractivity contribution < 1.29 is 9.15 Å². The molecule has 158 valence electrons. The maximum atomic E-state index is 6.12. The van der Waals surface area contributed by atoms with Crippen molar-refractivity contribution in [3.63, 3.8) is 0 Å². The SMILES string of the molecule is CCNC(=NCc1cccnc1OC1CCCC1)NCc1ncc(C(C)(C)C)o1. The first kappa shape index (κ1) is 21.1. The average Bonchev–Trinajstić information content (AvgIpc) is 3.36. The van der Waals surface area contributed by atoms with Gasteiger partial charge in [-0.3, -0.25) is 0 Å². The van der Waals surface area contributed by atoms with Gasteiger partial charge in [-0.2, -0.15) is 0 Å². The summed E-state index contributed by atoms with van der Waals surface area (Å²) >= 11 is 0. The minimum Gasteiger partial charge on any atom is -0.474 e. The molecule has 0 radical (unpaired) electrons. The Morgan fingerprint density at radius 3 is 2.72 bits per heavy atom. The molecule has 1 aliphatic rings. The van der Waals surface area contributed by atoms with Gasteiger partial charge in [0.2, 0.25) is 11.8 Å². The van der Waals surface area contributed by atoms with Crippen LogP contribution in [-0.4, -0.2) is 28.6 Å². The van der Waals surface area contributed by atoms with Crippen LogP contribution >= 0.6 is 0 Å². The number of nitrogens with zero attached hydrogens (tertiary/aromatic N) is 3. The minimum absolute atomic E-state index is 0.0557. The molecule has 7 heteroatoms. The maximum Gasteiger partial charge on any atom is 0.218 e. The lowest BCUT2D eigenvalue weighted by Gasteiger charge is -2.15. The highest BCUT2D eigenvalue weighted by Gasteiger charge is 2.20. The van der Waals surface area contributed by atoms with Gasteiger partial charge in [0.25, 0.3) is 0 Å². The summed E-state index contributed by atoms with van der Waals surface area (Å²) in [5, 5.41) is 6.55. The Kier molecular flexibility index (Phi) is 7.12. The Balaban J connectivity index is 1.62. The molecule has 0 bridgehead atoms. The van der Waals surface area contributed by atoms with Crippen molar-refractivity contribution in [2.45, 2.75) is 78.0 Å². The Bertz CT molecular complexity index is 804. The zero-order chi connectivity index (χ0) is 20.7. The second-order valence-corrected chi connectivity index (χ2v) is 8.41. The van der Waals surface area contributed by atoms with Crippen LogP contribution in [0.1, 0.15) is 70.6 Å². The molecule has 0 aliphatic heterocycles. The molecule has 2 heterocycles.